The van der Waals surface area contributed by atoms with Gasteiger partial charge >= 0.3 is 0 Å². The number of carbonyl (C=O) groups excluding carboxylic acids is 1. The maximum atomic E-state index is 12.8. The minimum atomic E-state index is -3.63. The van der Waals surface area contributed by atoms with Crippen LogP contribution < -0.4 is 5.32 Å². The number of amides is 1. The van der Waals surface area contributed by atoms with E-state index in [2.05, 4.69) is 5.32 Å². The van der Waals surface area contributed by atoms with E-state index in [0.717, 1.165) is 19.1 Å². The van der Waals surface area contributed by atoms with Gasteiger partial charge in [-0.1, -0.05) is 32.4 Å². The molecular formula is C20H26N2O5S2. The molecule has 29 heavy (non-hydrogen) atoms. The summed E-state index contributed by atoms with van der Waals surface area (Å²) in [5.74, 6) is -0.525. The van der Waals surface area contributed by atoms with E-state index in [0.29, 0.717) is 13.1 Å². The normalized spacial score (nSPS) is 12.1. The molecule has 0 unspecified atom stereocenters. The van der Waals surface area contributed by atoms with Gasteiger partial charge in [-0.25, -0.2) is 16.8 Å². The van der Waals surface area contributed by atoms with E-state index in [9.17, 15) is 21.6 Å². The van der Waals surface area contributed by atoms with Crippen LogP contribution in [0.2, 0.25) is 0 Å². The van der Waals surface area contributed by atoms with Crippen molar-refractivity contribution in [2.24, 2.45) is 0 Å². The van der Waals surface area contributed by atoms with E-state index in [1.807, 2.05) is 6.92 Å². The maximum absolute atomic E-state index is 12.8. The fourth-order valence-corrected chi connectivity index (χ4v) is 5.13. The van der Waals surface area contributed by atoms with Gasteiger partial charge in [0, 0.05) is 24.9 Å². The molecule has 0 aliphatic rings. The van der Waals surface area contributed by atoms with Crippen molar-refractivity contribution >= 4 is 31.5 Å². The molecule has 0 atom stereocenters. The smallest absolute Gasteiger partial charge is 0.255 e. The first-order valence-electron chi connectivity index (χ1n) is 9.32. The maximum Gasteiger partial charge on any atom is 0.255 e. The second-order valence-electron chi connectivity index (χ2n) is 6.60. The molecule has 0 radical (unpaired) electrons. The number of sulfonamides is 1. The number of hydrogen-bond acceptors (Lipinski definition) is 5. The first-order valence-corrected chi connectivity index (χ1v) is 12.6. The summed E-state index contributed by atoms with van der Waals surface area (Å²) < 4.78 is 50.7. The number of sulfone groups is 1. The van der Waals surface area contributed by atoms with Crippen LogP contribution in [0.25, 0.3) is 0 Å². The molecule has 1 N–H and O–H groups in total. The van der Waals surface area contributed by atoms with Gasteiger partial charge in [0.1, 0.15) is 0 Å². The number of benzene rings is 2. The number of nitrogens with zero attached hydrogens (tertiary/aromatic N) is 1. The molecule has 2 aromatic carbocycles. The van der Waals surface area contributed by atoms with Gasteiger partial charge < -0.3 is 5.32 Å². The SMILES string of the molecule is CCCCN(CC)S(=O)(=O)c1ccc(C(=O)Nc2ccccc2S(C)(=O)=O)cc1. The number of anilines is 1. The molecule has 0 aliphatic heterocycles. The van der Waals surface area contributed by atoms with Crippen molar-refractivity contribution in [3.05, 3.63) is 54.1 Å². The van der Waals surface area contributed by atoms with Gasteiger partial charge in [0.2, 0.25) is 10.0 Å². The first kappa shape index (κ1) is 23.1. The third-order valence-corrected chi connectivity index (χ3v) is 7.55. The lowest BCUT2D eigenvalue weighted by Gasteiger charge is -2.20. The van der Waals surface area contributed by atoms with Crippen molar-refractivity contribution in [1.82, 2.24) is 4.31 Å². The number of hydrogen-bond donors (Lipinski definition) is 1. The molecule has 9 heteroatoms. The lowest BCUT2D eigenvalue weighted by molar-refractivity contribution is 0.102. The Hall–Kier alpha value is -2.23. The van der Waals surface area contributed by atoms with Crippen molar-refractivity contribution < 1.29 is 21.6 Å². The minimum Gasteiger partial charge on any atom is -0.321 e. The number of rotatable bonds is 9. The molecule has 2 aromatic rings. The van der Waals surface area contributed by atoms with E-state index >= 15 is 0 Å². The van der Waals surface area contributed by atoms with Gasteiger partial charge in [0.05, 0.1) is 15.5 Å². The topological polar surface area (TPSA) is 101 Å². The predicted molar refractivity (Wildman–Crippen MR) is 113 cm³/mol. The van der Waals surface area contributed by atoms with Gasteiger partial charge in [-0.3, -0.25) is 4.79 Å². The summed E-state index contributed by atoms with van der Waals surface area (Å²) in [5, 5.41) is 2.58. The molecule has 0 aromatic heterocycles. The highest BCUT2D eigenvalue weighted by Crippen LogP contribution is 2.22. The zero-order valence-electron chi connectivity index (χ0n) is 16.8. The second kappa shape index (κ2) is 9.51. The van der Waals surface area contributed by atoms with E-state index in [1.54, 1.807) is 19.1 Å². The van der Waals surface area contributed by atoms with Crippen molar-refractivity contribution in [3.63, 3.8) is 0 Å². The summed E-state index contributed by atoms with van der Waals surface area (Å²) in [6, 6.07) is 11.7. The Labute approximate surface area is 172 Å². The fraction of sp³-hybridized carbons (Fsp3) is 0.350. The molecule has 0 fully saturated rings. The fourth-order valence-electron chi connectivity index (χ4n) is 2.80. The van der Waals surface area contributed by atoms with Crippen molar-refractivity contribution in [1.29, 1.82) is 0 Å². The van der Waals surface area contributed by atoms with Gasteiger partial charge in [0.25, 0.3) is 5.91 Å². The molecule has 0 aliphatic carbocycles. The molecule has 158 valence electrons. The summed E-state index contributed by atoms with van der Waals surface area (Å²) in [7, 11) is -7.14. The highest BCUT2D eigenvalue weighted by Gasteiger charge is 2.23. The Morgan fingerprint density at radius 1 is 0.966 bits per heavy atom. The van der Waals surface area contributed by atoms with E-state index < -0.39 is 25.8 Å². The first-order chi connectivity index (χ1) is 13.6. The van der Waals surface area contributed by atoms with Crippen LogP contribution >= 0.6 is 0 Å². The Kier molecular flexibility index (Phi) is 7.56. The largest absolute Gasteiger partial charge is 0.321 e. The average Bonchev–Trinajstić information content (AvgIpc) is 2.68. The second-order valence-corrected chi connectivity index (χ2v) is 10.5. The van der Waals surface area contributed by atoms with Gasteiger partial charge in [-0.05, 0) is 42.8 Å². The number of para-hydroxylation sites is 1. The Balaban J connectivity index is 2.24. The Bertz CT molecular complexity index is 1060. The summed E-state index contributed by atoms with van der Waals surface area (Å²) in [5.41, 5.74) is 0.400. The van der Waals surface area contributed by atoms with Crippen LogP contribution in [0.4, 0.5) is 5.69 Å². The third-order valence-electron chi connectivity index (χ3n) is 4.40. The van der Waals surface area contributed by atoms with Crippen LogP contribution in [-0.4, -0.2) is 46.4 Å². The average molecular weight is 439 g/mol. The lowest BCUT2D eigenvalue weighted by Crippen LogP contribution is -2.31. The Morgan fingerprint density at radius 3 is 2.14 bits per heavy atom. The van der Waals surface area contributed by atoms with Crippen LogP contribution in [0, 0.1) is 0 Å². The predicted octanol–water partition coefficient (Wildman–Crippen LogP) is 3.15. The summed E-state index contributed by atoms with van der Waals surface area (Å²) in [6.07, 6.45) is 2.73. The van der Waals surface area contributed by atoms with Gasteiger partial charge in [-0.2, -0.15) is 4.31 Å². The number of unbranched alkanes of at least 4 members (excludes halogenated alkanes) is 1. The Morgan fingerprint density at radius 2 is 1.59 bits per heavy atom. The van der Waals surface area contributed by atoms with Crippen molar-refractivity contribution in [2.45, 2.75) is 36.5 Å². The van der Waals surface area contributed by atoms with Crippen molar-refractivity contribution in [3.8, 4) is 0 Å². The molecule has 0 heterocycles. The quantitative estimate of drug-likeness (QED) is 0.648. The number of nitrogens with one attached hydrogen (secondary N) is 1. The molecule has 0 saturated heterocycles. The molecule has 0 bridgehead atoms. The molecule has 0 spiro atoms. The van der Waals surface area contributed by atoms with Crippen LogP contribution in [0.5, 0.6) is 0 Å². The lowest BCUT2D eigenvalue weighted by atomic mass is 10.2. The van der Waals surface area contributed by atoms with Gasteiger partial charge in [0.15, 0.2) is 9.84 Å². The molecular weight excluding hydrogens is 412 g/mol. The van der Waals surface area contributed by atoms with Crippen molar-refractivity contribution in [2.75, 3.05) is 24.7 Å². The highest BCUT2D eigenvalue weighted by atomic mass is 32.2. The zero-order chi connectivity index (χ0) is 21.7. The minimum absolute atomic E-state index is 0.0158. The molecule has 1 amide bonds. The summed E-state index contributed by atoms with van der Waals surface area (Å²) >= 11 is 0. The summed E-state index contributed by atoms with van der Waals surface area (Å²) in [4.78, 5) is 12.7. The van der Waals surface area contributed by atoms with E-state index in [4.69, 9.17) is 0 Å². The van der Waals surface area contributed by atoms with Crippen LogP contribution in [-0.2, 0) is 19.9 Å². The van der Waals surface area contributed by atoms with Crippen LogP contribution in [0.3, 0.4) is 0 Å². The molecule has 2 rings (SSSR count). The number of carbonyl (C=O) groups is 1. The molecule has 0 saturated carbocycles. The van der Waals surface area contributed by atoms with E-state index in [1.165, 1.54) is 40.7 Å². The zero-order valence-corrected chi connectivity index (χ0v) is 18.4. The standard InChI is InChI=1S/C20H26N2O5S2/c1-4-6-15-22(5-2)29(26,27)17-13-11-16(12-14-17)20(23)21-18-9-7-8-10-19(18)28(3,24)25/h7-14H,4-6,15H2,1-3H3,(H,21,23). The highest BCUT2D eigenvalue weighted by molar-refractivity contribution is 7.91. The monoisotopic (exact) mass is 438 g/mol. The van der Waals surface area contributed by atoms with Crippen LogP contribution in [0.1, 0.15) is 37.0 Å². The third kappa shape index (κ3) is 5.65. The van der Waals surface area contributed by atoms with Gasteiger partial charge in [-0.15, -0.1) is 0 Å². The van der Waals surface area contributed by atoms with Crippen LogP contribution in [0.15, 0.2) is 58.3 Å². The van der Waals surface area contributed by atoms with E-state index in [-0.39, 0.29) is 21.0 Å². The molecule has 7 nitrogen and oxygen atoms in total. The summed E-state index contributed by atoms with van der Waals surface area (Å²) in [6.45, 7) is 4.59.